The molecule has 0 unspecified atom stereocenters. The second kappa shape index (κ2) is 7.01. The summed E-state index contributed by atoms with van der Waals surface area (Å²) < 4.78 is 51.4. The van der Waals surface area contributed by atoms with Crippen LogP contribution in [0.25, 0.3) is 0 Å². The van der Waals surface area contributed by atoms with E-state index in [-0.39, 0.29) is 32.1 Å². The average Bonchev–Trinajstić information content (AvgIpc) is 2.34. The molecule has 0 aromatic rings. The second-order valence-corrected chi connectivity index (χ2v) is 8.82. The Hall–Kier alpha value is -0.750. The summed E-state index contributed by atoms with van der Waals surface area (Å²) in [6.45, 7) is 0.419. The second-order valence-electron chi connectivity index (χ2n) is 5.02. The first kappa shape index (κ1) is 18.3. The molecular formula is C10H21N3O6S2. The molecular weight excluding hydrogens is 322 g/mol. The van der Waals surface area contributed by atoms with Crippen LogP contribution in [0, 0.1) is 0 Å². The first-order valence-electron chi connectivity index (χ1n) is 6.43. The molecule has 1 aliphatic heterocycles. The molecule has 0 saturated carbocycles. The van der Waals surface area contributed by atoms with Crippen molar-refractivity contribution in [2.24, 2.45) is 0 Å². The van der Waals surface area contributed by atoms with Crippen molar-refractivity contribution in [3.63, 3.8) is 0 Å². The first-order valence-corrected chi connectivity index (χ1v) is 9.71. The molecule has 1 saturated heterocycles. The van der Waals surface area contributed by atoms with Gasteiger partial charge in [-0.1, -0.05) is 0 Å². The highest BCUT2D eigenvalue weighted by Gasteiger charge is 2.29. The normalized spacial score (nSPS) is 19.0. The number of hydrogen-bond donors (Lipinski definition) is 2. The van der Waals surface area contributed by atoms with Gasteiger partial charge in [0.25, 0.3) is 10.2 Å². The van der Waals surface area contributed by atoms with Gasteiger partial charge in [0.15, 0.2) is 0 Å². The third-order valence-corrected chi connectivity index (χ3v) is 6.23. The van der Waals surface area contributed by atoms with Crippen LogP contribution in [0.15, 0.2) is 0 Å². The third kappa shape index (κ3) is 5.87. The SMILES string of the molecule is CN(CCC(=O)O)S(=O)(=O)NC1CCN(S(C)(=O)=O)CC1. The molecule has 1 rings (SSSR count). The molecule has 0 aromatic carbocycles. The lowest BCUT2D eigenvalue weighted by Gasteiger charge is -2.31. The van der Waals surface area contributed by atoms with Gasteiger partial charge in [-0.3, -0.25) is 4.79 Å². The fourth-order valence-electron chi connectivity index (χ4n) is 1.98. The number of aliphatic carboxylic acids is 1. The summed E-state index contributed by atoms with van der Waals surface area (Å²) >= 11 is 0. The Labute approximate surface area is 125 Å². The third-order valence-electron chi connectivity index (χ3n) is 3.29. The van der Waals surface area contributed by atoms with Crippen molar-refractivity contribution in [3.8, 4) is 0 Å². The van der Waals surface area contributed by atoms with E-state index in [1.165, 1.54) is 11.4 Å². The monoisotopic (exact) mass is 343 g/mol. The zero-order valence-corrected chi connectivity index (χ0v) is 13.7. The van der Waals surface area contributed by atoms with E-state index in [1.807, 2.05) is 0 Å². The molecule has 0 radical (unpaired) electrons. The molecule has 0 amide bonds. The molecule has 124 valence electrons. The fourth-order valence-corrected chi connectivity index (χ4v) is 4.02. The minimum atomic E-state index is -3.76. The lowest BCUT2D eigenvalue weighted by molar-refractivity contribution is -0.137. The summed E-state index contributed by atoms with van der Waals surface area (Å²) in [6, 6.07) is -0.347. The van der Waals surface area contributed by atoms with Crippen LogP contribution in [0.2, 0.25) is 0 Å². The van der Waals surface area contributed by atoms with Gasteiger partial charge in [0.2, 0.25) is 10.0 Å². The Morgan fingerprint density at radius 3 is 2.24 bits per heavy atom. The van der Waals surface area contributed by atoms with E-state index in [9.17, 15) is 21.6 Å². The van der Waals surface area contributed by atoms with Crippen molar-refractivity contribution in [2.75, 3.05) is 32.9 Å². The Balaban J connectivity index is 2.52. The smallest absolute Gasteiger partial charge is 0.304 e. The van der Waals surface area contributed by atoms with Crippen molar-refractivity contribution in [1.29, 1.82) is 0 Å². The molecule has 0 aromatic heterocycles. The molecule has 1 heterocycles. The predicted octanol–water partition coefficient (Wildman–Crippen LogP) is -1.35. The van der Waals surface area contributed by atoms with E-state index < -0.39 is 26.2 Å². The standard InChI is InChI=1S/C10H21N3O6S2/c1-12(6-5-10(14)15)21(18,19)11-9-3-7-13(8-4-9)20(2,16)17/h9,11H,3-8H2,1-2H3,(H,14,15). The Bertz CT molecular complexity index is 566. The molecule has 0 aliphatic carbocycles. The highest BCUT2D eigenvalue weighted by atomic mass is 32.2. The molecule has 2 N–H and O–H groups in total. The van der Waals surface area contributed by atoms with Crippen LogP contribution in [-0.4, -0.2) is 75.5 Å². The Morgan fingerprint density at radius 1 is 1.29 bits per heavy atom. The number of rotatable bonds is 7. The van der Waals surface area contributed by atoms with Crippen molar-refractivity contribution in [3.05, 3.63) is 0 Å². The van der Waals surface area contributed by atoms with Crippen LogP contribution in [0.1, 0.15) is 19.3 Å². The van der Waals surface area contributed by atoms with Crippen molar-refractivity contribution >= 4 is 26.2 Å². The lowest BCUT2D eigenvalue weighted by atomic mass is 10.1. The van der Waals surface area contributed by atoms with Crippen LogP contribution >= 0.6 is 0 Å². The van der Waals surface area contributed by atoms with E-state index in [1.54, 1.807) is 0 Å². The van der Waals surface area contributed by atoms with Crippen LogP contribution in [-0.2, 0) is 25.0 Å². The van der Waals surface area contributed by atoms with E-state index in [0.717, 1.165) is 10.6 Å². The lowest BCUT2D eigenvalue weighted by Crippen LogP contribution is -2.49. The summed E-state index contributed by atoms with van der Waals surface area (Å²) in [5.41, 5.74) is 0. The van der Waals surface area contributed by atoms with Crippen LogP contribution in [0.4, 0.5) is 0 Å². The van der Waals surface area contributed by atoms with Gasteiger partial charge in [-0.2, -0.15) is 17.4 Å². The molecule has 11 heteroatoms. The number of carboxylic acid groups (broad SMARTS) is 1. The highest BCUT2D eigenvalue weighted by Crippen LogP contribution is 2.14. The van der Waals surface area contributed by atoms with Crippen LogP contribution < -0.4 is 4.72 Å². The minimum Gasteiger partial charge on any atom is -0.481 e. The number of nitrogens with one attached hydrogen (secondary N) is 1. The van der Waals surface area contributed by atoms with Gasteiger partial charge in [0.05, 0.1) is 12.7 Å². The van der Waals surface area contributed by atoms with Crippen molar-refractivity contribution in [1.82, 2.24) is 13.3 Å². The number of carboxylic acids is 1. The van der Waals surface area contributed by atoms with E-state index in [2.05, 4.69) is 4.72 Å². The Kier molecular flexibility index (Phi) is 6.11. The van der Waals surface area contributed by atoms with Crippen molar-refractivity contribution < 1.29 is 26.7 Å². The maximum absolute atomic E-state index is 12.0. The summed E-state index contributed by atoms with van der Waals surface area (Å²) in [7, 11) is -5.70. The predicted molar refractivity (Wildman–Crippen MR) is 76.4 cm³/mol. The maximum atomic E-state index is 12.0. The maximum Gasteiger partial charge on any atom is 0.304 e. The highest BCUT2D eigenvalue weighted by molar-refractivity contribution is 7.88. The van der Waals surface area contributed by atoms with E-state index in [0.29, 0.717) is 12.8 Å². The number of piperidine rings is 1. The summed E-state index contributed by atoms with van der Waals surface area (Å²) in [4.78, 5) is 10.4. The van der Waals surface area contributed by atoms with E-state index >= 15 is 0 Å². The van der Waals surface area contributed by atoms with Crippen LogP contribution in [0.5, 0.6) is 0 Å². The largest absolute Gasteiger partial charge is 0.481 e. The zero-order valence-electron chi connectivity index (χ0n) is 12.0. The van der Waals surface area contributed by atoms with Crippen molar-refractivity contribution in [2.45, 2.75) is 25.3 Å². The van der Waals surface area contributed by atoms with Gasteiger partial charge in [-0.25, -0.2) is 12.7 Å². The molecule has 0 bridgehead atoms. The van der Waals surface area contributed by atoms with Gasteiger partial charge in [0.1, 0.15) is 0 Å². The topological polar surface area (TPSA) is 124 Å². The van der Waals surface area contributed by atoms with E-state index in [4.69, 9.17) is 5.11 Å². The quantitative estimate of drug-likeness (QED) is 0.589. The summed E-state index contributed by atoms with van der Waals surface area (Å²) in [5.74, 6) is -1.07. The molecule has 21 heavy (non-hydrogen) atoms. The Morgan fingerprint density at radius 2 is 1.81 bits per heavy atom. The van der Waals surface area contributed by atoms with Gasteiger partial charge in [0, 0.05) is 32.7 Å². The summed E-state index contributed by atoms with van der Waals surface area (Å²) in [5, 5.41) is 8.55. The average molecular weight is 343 g/mol. The zero-order chi connectivity index (χ0) is 16.3. The number of nitrogens with zero attached hydrogens (tertiary/aromatic N) is 2. The molecule has 1 fully saturated rings. The summed E-state index contributed by atoms with van der Waals surface area (Å²) in [6.07, 6.45) is 1.62. The number of hydrogen-bond acceptors (Lipinski definition) is 5. The molecule has 0 spiro atoms. The van der Waals surface area contributed by atoms with Gasteiger partial charge in [-0.15, -0.1) is 0 Å². The van der Waals surface area contributed by atoms with Gasteiger partial charge in [-0.05, 0) is 12.8 Å². The fraction of sp³-hybridized carbons (Fsp3) is 0.900. The molecule has 1 aliphatic rings. The number of sulfonamides is 1. The first-order chi connectivity index (χ1) is 9.52. The van der Waals surface area contributed by atoms with Crippen LogP contribution in [0.3, 0.4) is 0 Å². The number of carbonyl (C=O) groups is 1. The minimum absolute atomic E-state index is 0.118. The molecule has 9 nitrogen and oxygen atoms in total. The molecule has 0 atom stereocenters. The van der Waals surface area contributed by atoms with Gasteiger partial charge < -0.3 is 5.11 Å². The van der Waals surface area contributed by atoms with Gasteiger partial charge >= 0.3 is 5.97 Å².